The van der Waals surface area contributed by atoms with Crippen molar-refractivity contribution in [2.75, 3.05) is 6.61 Å². The number of hydrogen-bond donors (Lipinski definition) is 1. The minimum absolute atomic E-state index is 0.0955. The van der Waals surface area contributed by atoms with E-state index < -0.39 is 13.9 Å². The Hall–Kier alpha value is -0.193. The molecule has 1 atom stereocenters. The standard InChI is InChI=1S/C14H30O3Si/c1-8-12(15)10-14(16,9-2)11-17-18(6,7)13(3,4)5/h16H,8-11H2,1-7H3/t14-/m1/s1. The molecular formula is C14H30O3Si. The molecule has 0 saturated carbocycles. The number of ketones is 1. The lowest BCUT2D eigenvalue weighted by atomic mass is 9.94. The van der Waals surface area contributed by atoms with E-state index in [0.29, 0.717) is 12.8 Å². The minimum Gasteiger partial charge on any atom is -0.414 e. The summed E-state index contributed by atoms with van der Waals surface area (Å²) in [4.78, 5) is 11.5. The van der Waals surface area contributed by atoms with Crippen LogP contribution in [0.4, 0.5) is 0 Å². The average molecular weight is 274 g/mol. The summed E-state index contributed by atoms with van der Waals surface area (Å²) < 4.78 is 6.03. The molecule has 0 amide bonds. The summed E-state index contributed by atoms with van der Waals surface area (Å²) in [5, 5.41) is 10.5. The second-order valence-corrected chi connectivity index (χ2v) is 11.5. The van der Waals surface area contributed by atoms with Crippen LogP contribution in [-0.4, -0.2) is 31.4 Å². The summed E-state index contributed by atoms with van der Waals surface area (Å²) in [6, 6.07) is 0. The van der Waals surface area contributed by atoms with Crippen molar-refractivity contribution < 1.29 is 14.3 Å². The molecule has 18 heavy (non-hydrogen) atoms. The largest absolute Gasteiger partial charge is 0.414 e. The van der Waals surface area contributed by atoms with Gasteiger partial charge in [-0.15, -0.1) is 0 Å². The molecule has 108 valence electrons. The fourth-order valence-electron chi connectivity index (χ4n) is 1.30. The molecule has 0 aromatic rings. The van der Waals surface area contributed by atoms with E-state index in [1.54, 1.807) is 0 Å². The topological polar surface area (TPSA) is 46.5 Å². The monoisotopic (exact) mass is 274 g/mol. The maximum atomic E-state index is 11.5. The summed E-state index contributed by atoms with van der Waals surface area (Å²) in [7, 11) is -1.86. The third-order valence-electron chi connectivity index (χ3n) is 4.09. The smallest absolute Gasteiger partial charge is 0.192 e. The molecule has 1 N–H and O–H groups in total. The Balaban J connectivity index is 4.61. The Labute approximate surface area is 113 Å². The molecule has 4 heteroatoms. The molecule has 0 aliphatic rings. The van der Waals surface area contributed by atoms with Crippen LogP contribution in [0.5, 0.6) is 0 Å². The van der Waals surface area contributed by atoms with E-state index in [4.69, 9.17) is 4.43 Å². The number of Topliss-reactive ketones (excluding diaryl/α,β-unsaturated/α-hetero) is 1. The molecule has 3 nitrogen and oxygen atoms in total. The van der Waals surface area contributed by atoms with E-state index >= 15 is 0 Å². The molecule has 0 heterocycles. The van der Waals surface area contributed by atoms with Gasteiger partial charge in [-0.2, -0.15) is 0 Å². The van der Waals surface area contributed by atoms with Crippen LogP contribution in [0, 0.1) is 0 Å². The van der Waals surface area contributed by atoms with Gasteiger partial charge in [0.15, 0.2) is 8.32 Å². The van der Waals surface area contributed by atoms with Crippen molar-refractivity contribution in [2.24, 2.45) is 0 Å². The maximum Gasteiger partial charge on any atom is 0.192 e. The fourth-order valence-corrected chi connectivity index (χ4v) is 2.36. The third-order valence-corrected chi connectivity index (χ3v) is 8.56. The molecule has 0 aliphatic heterocycles. The van der Waals surface area contributed by atoms with Gasteiger partial charge >= 0.3 is 0 Å². The zero-order chi connectivity index (χ0) is 14.6. The molecule has 0 rings (SSSR count). The van der Waals surface area contributed by atoms with E-state index in [0.717, 1.165) is 0 Å². The number of carbonyl (C=O) groups is 1. The quantitative estimate of drug-likeness (QED) is 0.723. The molecule has 0 spiro atoms. The van der Waals surface area contributed by atoms with Gasteiger partial charge in [0.2, 0.25) is 0 Å². The summed E-state index contributed by atoms with van der Waals surface area (Å²) >= 11 is 0. The van der Waals surface area contributed by atoms with Gasteiger partial charge in [0.1, 0.15) is 5.78 Å². The average Bonchev–Trinajstić information content (AvgIpc) is 2.25. The van der Waals surface area contributed by atoms with Gasteiger partial charge in [0.05, 0.1) is 12.2 Å². The first-order chi connectivity index (χ1) is 7.97. The van der Waals surface area contributed by atoms with Crippen molar-refractivity contribution in [2.45, 2.75) is 77.6 Å². The van der Waals surface area contributed by atoms with Gasteiger partial charge < -0.3 is 9.53 Å². The highest BCUT2D eigenvalue weighted by atomic mass is 28.4. The number of aliphatic hydroxyl groups is 1. The normalized spacial score (nSPS) is 16.4. The molecule has 0 aliphatic carbocycles. The Morgan fingerprint density at radius 3 is 2.06 bits per heavy atom. The van der Waals surface area contributed by atoms with Crippen molar-refractivity contribution in [3.63, 3.8) is 0 Å². The zero-order valence-electron chi connectivity index (χ0n) is 13.1. The lowest BCUT2D eigenvalue weighted by Crippen LogP contribution is -2.46. The second kappa shape index (κ2) is 6.31. The molecule has 0 aromatic carbocycles. The summed E-state index contributed by atoms with van der Waals surface area (Å²) in [5.74, 6) is 0.0955. The molecule has 0 bridgehead atoms. The van der Waals surface area contributed by atoms with Gasteiger partial charge in [-0.3, -0.25) is 4.79 Å². The van der Waals surface area contributed by atoms with Crippen LogP contribution in [-0.2, 0) is 9.22 Å². The minimum atomic E-state index is -1.86. The van der Waals surface area contributed by atoms with Crippen molar-refractivity contribution in [1.29, 1.82) is 0 Å². The number of rotatable bonds is 7. The number of carbonyl (C=O) groups excluding carboxylic acids is 1. The summed E-state index contributed by atoms with van der Waals surface area (Å²) in [6.45, 7) is 14.8. The lowest BCUT2D eigenvalue weighted by molar-refractivity contribution is -0.125. The van der Waals surface area contributed by atoms with E-state index in [-0.39, 0.29) is 23.8 Å². The SMILES string of the molecule is CCC(=O)C[C@](O)(CC)CO[Si](C)(C)C(C)(C)C. The van der Waals surface area contributed by atoms with E-state index in [1.807, 2.05) is 13.8 Å². The van der Waals surface area contributed by atoms with Crippen LogP contribution < -0.4 is 0 Å². The molecule has 0 aromatic heterocycles. The van der Waals surface area contributed by atoms with Crippen molar-refractivity contribution in [3.8, 4) is 0 Å². The first kappa shape index (κ1) is 17.8. The van der Waals surface area contributed by atoms with Crippen LogP contribution in [0.25, 0.3) is 0 Å². The molecule has 0 unspecified atom stereocenters. The molecule has 0 radical (unpaired) electrons. The Morgan fingerprint density at radius 2 is 1.72 bits per heavy atom. The van der Waals surface area contributed by atoms with Crippen LogP contribution in [0.2, 0.25) is 18.1 Å². The fraction of sp³-hybridized carbons (Fsp3) is 0.929. The van der Waals surface area contributed by atoms with Gasteiger partial charge in [-0.25, -0.2) is 0 Å². The molecule has 0 fully saturated rings. The van der Waals surface area contributed by atoms with Gasteiger partial charge in [-0.1, -0.05) is 34.6 Å². The predicted octanol–water partition coefficient (Wildman–Crippen LogP) is 3.52. The first-order valence-electron chi connectivity index (χ1n) is 6.85. The van der Waals surface area contributed by atoms with E-state index in [9.17, 15) is 9.90 Å². The Morgan fingerprint density at radius 1 is 1.22 bits per heavy atom. The summed E-state index contributed by atoms with van der Waals surface area (Å²) in [6.07, 6.45) is 1.23. The van der Waals surface area contributed by atoms with Gasteiger partial charge in [0.25, 0.3) is 0 Å². The third kappa shape index (κ3) is 5.20. The van der Waals surface area contributed by atoms with Crippen molar-refractivity contribution in [3.05, 3.63) is 0 Å². The zero-order valence-corrected chi connectivity index (χ0v) is 14.1. The summed E-state index contributed by atoms with van der Waals surface area (Å²) in [5.41, 5.74) is -0.997. The Bertz CT molecular complexity index is 281. The van der Waals surface area contributed by atoms with Crippen LogP contribution >= 0.6 is 0 Å². The van der Waals surface area contributed by atoms with Crippen LogP contribution in [0.15, 0.2) is 0 Å². The first-order valence-corrected chi connectivity index (χ1v) is 9.76. The Kier molecular flexibility index (Phi) is 6.24. The van der Waals surface area contributed by atoms with Gasteiger partial charge in [-0.05, 0) is 24.6 Å². The predicted molar refractivity (Wildman–Crippen MR) is 78.3 cm³/mol. The maximum absolute atomic E-state index is 11.5. The highest BCUT2D eigenvalue weighted by molar-refractivity contribution is 6.74. The second-order valence-electron chi connectivity index (χ2n) is 6.70. The van der Waals surface area contributed by atoms with E-state index in [1.165, 1.54) is 0 Å². The van der Waals surface area contributed by atoms with Crippen LogP contribution in [0.3, 0.4) is 0 Å². The van der Waals surface area contributed by atoms with Crippen molar-refractivity contribution >= 4 is 14.1 Å². The highest BCUT2D eigenvalue weighted by Crippen LogP contribution is 2.37. The molecule has 0 saturated heterocycles. The van der Waals surface area contributed by atoms with Crippen LogP contribution in [0.1, 0.15) is 53.9 Å². The molecular weight excluding hydrogens is 244 g/mol. The number of hydrogen-bond acceptors (Lipinski definition) is 3. The van der Waals surface area contributed by atoms with Gasteiger partial charge in [0, 0.05) is 12.8 Å². The lowest BCUT2D eigenvalue weighted by Gasteiger charge is -2.39. The van der Waals surface area contributed by atoms with E-state index in [2.05, 4.69) is 33.9 Å². The van der Waals surface area contributed by atoms with Crippen molar-refractivity contribution in [1.82, 2.24) is 0 Å². The highest BCUT2D eigenvalue weighted by Gasteiger charge is 2.39.